The molecule has 0 unspecified atom stereocenters. The molecule has 118 valence electrons. The molecule has 5 heteroatoms. The molecule has 0 saturated carbocycles. The van der Waals surface area contributed by atoms with Gasteiger partial charge in [0, 0.05) is 26.3 Å². The maximum Gasteiger partial charge on any atom is 0.242 e. The van der Waals surface area contributed by atoms with Gasteiger partial charge in [-0.15, -0.1) is 12.4 Å². The summed E-state index contributed by atoms with van der Waals surface area (Å²) in [5, 5.41) is 0. The number of amides is 1. The van der Waals surface area contributed by atoms with E-state index in [2.05, 4.69) is 20.8 Å². The van der Waals surface area contributed by atoms with Gasteiger partial charge in [0.15, 0.2) is 0 Å². The van der Waals surface area contributed by atoms with Crippen molar-refractivity contribution in [2.24, 2.45) is 17.1 Å². The lowest BCUT2D eigenvalue weighted by atomic mass is 9.75. The number of nitrogens with zero attached hydrogens (tertiary/aromatic N) is 1. The van der Waals surface area contributed by atoms with E-state index in [1.807, 2.05) is 4.90 Å². The Kier molecular flexibility index (Phi) is 5.88. The van der Waals surface area contributed by atoms with Crippen LogP contribution < -0.4 is 5.73 Å². The molecule has 0 spiro atoms. The maximum atomic E-state index is 12.6. The third-order valence-electron chi connectivity index (χ3n) is 4.82. The number of piperidine rings is 1. The van der Waals surface area contributed by atoms with Crippen molar-refractivity contribution in [2.45, 2.75) is 52.0 Å². The van der Waals surface area contributed by atoms with Gasteiger partial charge in [-0.05, 0) is 37.0 Å². The lowest BCUT2D eigenvalue weighted by Gasteiger charge is -2.42. The first kappa shape index (κ1) is 17.7. The molecular weight excluding hydrogens is 276 g/mol. The first-order valence-electron chi connectivity index (χ1n) is 7.49. The van der Waals surface area contributed by atoms with Gasteiger partial charge >= 0.3 is 0 Å². The Bertz CT molecular complexity index is 327. The summed E-state index contributed by atoms with van der Waals surface area (Å²) in [5.74, 6) is 0.850. The summed E-state index contributed by atoms with van der Waals surface area (Å²) < 4.78 is 5.31. The topological polar surface area (TPSA) is 55.6 Å². The number of hydrogen-bond donors (Lipinski definition) is 1. The third kappa shape index (κ3) is 3.86. The summed E-state index contributed by atoms with van der Waals surface area (Å²) >= 11 is 0. The van der Waals surface area contributed by atoms with Crippen molar-refractivity contribution < 1.29 is 9.53 Å². The lowest BCUT2D eigenvalue weighted by molar-refractivity contribution is -0.142. The Morgan fingerprint density at radius 2 is 1.70 bits per heavy atom. The van der Waals surface area contributed by atoms with E-state index >= 15 is 0 Å². The number of ether oxygens (including phenoxy) is 1. The van der Waals surface area contributed by atoms with Crippen LogP contribution in [0.5, 0.6) is 0 Å². The zero-order valence-electron chi connectivity index (χ0n) is 13.0. The third-order valence-corrected chi connectivity index (χ3v) is 4.82. The van der Waals surface area contributed by atoms with Gasteiger partial charge in [0.1, 0.15) is 0 Å². The van der Waals surface area contributed by atoms with E-state index in [4.69, 9.17) is 10.5 Å². The van der Waals surface area contributed by atoms with Crippen LogP contribution in [0.3, 0.4) is 0 Å². The summed E-state index contributed by atoms with van der Waals surface area (Å²) in [6, 6.07) is 0. The second-order valence-electron chi connectivity index (χ2n) is 7.20. The van der Waals surface area contributed by atoms with E-state index in [0.29, 0.717) is 37.4 Å². The van der Waals surface area contributed by atoms with E-state index in [1.165, 1.54) is 0 Å². The molecule has 0 radical (unpaired) electrons. The number of halogens is 1. The van der Waals surface area contributed by atoms with Crippen LogP contribution in [-0.4, -0.2) is 42.6 Å². The molecule has 0 atom stereocenters. The zero-order valence-corrected chi connectivity index (χ0v) is 13.8. The summed E-state index contributed by atoms with van der Waals surface area (Å²) in [4.78, 5) is 14.6. The number of nitrogens with two attached hydrogens (primary N) is 1. The standard InChI is InChI=1S/C15H28N2O2.ClH/c1-14(2,3)12-4-8-17(9-5-12)13(18)15(16)6-10-19-11-7-15;/h12H,4-11,16H2,1-3H3;1H. The van der Waals surface area contributed by atoms with E-state index in [-0.39, 0.29) is 18.3 Å². The molecular formula is C15H29ClN2O2. The van der Waals surface area contributed by atoms with Crippen molar-refractivity contribution >= 4 is 18.3 Å². The normalized spacial score (nSPS) is 24.1. The van der Waals surface area contributed by atoms with E-state index < -0.39 is 5.54 Å². The Labute approximate surface area is 128 Å². The van der Waals surface area contributed by atoms with Crippen LogP contribution in [0.4, 0.5) is 0 Å². The molecule has 0 aliphatic carbocycles. The van der Waals surface area contributed by atoms with Crippen LogP contribution in [0.1, 0.15) is 46.5 Å². The van der Waals surface area contributed by atoms with Crippen molar-refractivity contribution in [3.05, 3.63) is 0 Å². The molecule has 2 aliphatic heterocycles. The highest BCUT2D eigenvalue weighted by atomic mass is 35.5. The van der Waals surface area contributed by atoms with E-state index in [0.717, 1.165) is 25.9 Å². The Balaban J connectivity index is 0.00000200. The molecule has 0 aromatic carbocycles. The molecule has 20 heavy (non-hydrogen) atoms. The van der Waals surface area contributed by atoms with Gasteiger partial charge in [0.2, 0.25) is 5.91 Å². The highest BCUT2D eigenvalue weighted by Crippen LogP contribution is 2.35. The molecule has 4 nitrogen and oxygen atoms in total. The number of carbonyl (C=O) groups is 1. The minimum Gasteiger partial charge on any atom is -0.381 e. The second kappa shape index (κ2) is 6.63. The van der Waals surface area contributed by atoms with Gasteiger partial charge in [0.25, 0.3) is 0 Å². The second-order valence-corrected chi connectivity index (χ2v) is 7.20. The smallest absolute Gasteiger partial charge is 0.242 e. The van der Waals surface area contributed by atoms with E-state index in [1.54, 1.807) is 0 Å². The fraction of sp³-hybridized carbons (Fsp3) is 0.933. The zero-order chi connectivity index (χ0) is 14.1. The Morgan fingerprint density at radius 3 is 2.15 bits per heavy atom. The highest BCUT2D eigenvalue weighted by molar-refractivity contribution is 5.86. The SMILES string of the molecule is CC(C)(C)C1CCN(C(=O)C2(N)CCOCC2)CC1.Cl. The van der Waals surface area contributed by atoms with Crippen LogP contribution in [0.15, 0.2) is 0 Å². The van der Waals surface area contributed by atoms with Crippen molar-refractivity contribution in [1.29, 1.82) is 0 Å². The van der Waals surface area contributed by atoms with Crippen LogP contribution in [0, 0.1) is 11.3 Å². The van der Waals surface area contributed by atoms with Gasteiger partial charge in [-0.2, -0.15) is 0 Å². The Morgan fingerprint density at radius 1 is 1.20 bits per heavy atom. The van der Waals surface area contributed by atoms with Gasteiger partial charge < -0.3 is 15.4 Å². The number of hydrogen-bond acceptors (Lipinski definition) is 3. The summed E-state index contributed by atoms with van der Waals surface area (Å²) in [6.45, 7) is 9.82. The van der Waals surface area contributed by atoms with Crippen molar-refractivity contribution in [1.82, 2.24) is 4.90 Å². The number of rotatable bonds is 1. The van der Waals surface area contributed by atoms with Crippen molar-refractivity contribution in [3.8, 4) is 0 Å². The molecule has 2 rings (SSSR count). The van der Waals surface area contributed by atoms with E-state index in [9.17, 15) is 4.79 Å². The average molecular weight is 305 g/mol. The molecule has 2 heterocycles. The quantitative estimate of drug-likeness (QED) is 0.808. The van der Waals surface area contributed by atoms with Gasteiger partial charge in [-0.25, -0.2) is 0 Å². The van der Waals surface area contributed by atoms with Crippen molar-refractivity contribution in [3.63, 3.8) is 0 Å². The molecule has 2 N–H and O–H groups in total. The van der Waals surface area contributed by atoms with Gasteiger partial charge in [0.05, 0.1) is 5.54 Å². The van der Waals surface area contributed by atoms with Gasteiger partial charge in [-0.3, -0.25) is 4.79 Å². The first-order valence-corrected chi connectivity index (χ1v) is 7.49. The molecule has 0 bridgehead atoms. The number of carbonyl (C=O) groups excluding carboxylic acids is 1. The average Bonchev–Trinajstić information content (AvgIpc) is 2.38. The minimum atomic E-state index is -0.674. The van der Waals surface area contributed by atoms with Crippen molar-refractivity contribution in [2.75, 3.05) is 26.3 Å². The minimum absolute atomic E-state index is 0. The molecule has 0 aromatic rings. The fourth-order valence-corrected chi connectivity index (χ4v) is 3.21. The predicted octanol–water partition coefficient (Wildman–Crippen LogP) is 2.20. The molecule has 2 aliphatic rings. The predicted molar refractivity (Wildman–Crippen MR) is 83.0 cm³/mol. The Hall–Kier alpha value is -0.320. The highest BCUT2D eigenvalue weighted by Gasteiger charge is 2.40. The molecule has 0 aromatic heterocycles. The monoisotopic (exact) mass is 304 g/mol. The molecule has 2 saturated heterocycles. The number of likely N-dealkylation sites (tertiary alicyclic amines) is 1. The van der Waals surface area contributed by atoms with Gasteiger partial charge in [-0.1, -0.05) is 20.8 Å². The fourth-order valence-electron chi connectivity index (χ4n) is 3.21. The largest absolute Gasteiger partial charge is 0.381 e. The van der Waals surface area contributed by atoms with Crippen LogP contribution in [-0.2, 0) is 9.53 Å². The lowest BCUT2D eigenvalue weighted by Crippen LogP contribution is -2.59. The summed E-state index contributed by atoms with van der Waals surface area (Å²) in [7, 11) is 0. The van der Waals surface area contributed by atoms with Crippen LogP contribution in [0.25, 0.3) is 0 Å². The van der Waals surface area contributed by atoms with Crippen LogP contribution >= 0.6 is 12.4 Å². The summed E-state index contributed by atoms with van der Waals surface area (Å²) in [6.07, 6.45) is 3.51. The molecule has 2 fully saturated rings. The summed E-state index contributed by atoms with van der Waals surface area (Å²) in [5.41, 5.74) is 5.95. The molecule has 1 amide bonds. The first-order chi connectivity index (χ1) is 8.83. The van der Waals surface area contributed by atoms with Crippen LogP contribution in [0.2, 0.25) is 0 Å². The maximum absolute atomic E-state index is 12.6.